The van der Waals surface area contributed by atoms with Gasteiger partial charge < -0.3 is 0 Å². The number of rotatable bonds is 4. The van der Waals surface area contributed by atoms with Crippen molar-refractivity contribution in [2.24, 2.45) is 0 Å². The second kappa shape index (κ2) is 4.94. The molecule has 0 fully saturated rings. The van der Waals surface area contributed by atoms with E-state index < -0.39 is 9.05 Å². The lowest BCUT2D eigenvalue weighted by atomic mass is 10.2. The number of aryl methyl sites for hydroxylation is 2. The van der Waals surface area contributed by atoms with E-state index in [4.69, 9.17) is 10.7 Å². The van der Waals surface area contributed by atoms with E-state index in [1.54, 1.807) is 0 Å². The van der Waals surface area contributed by atoms with E-state index in [0.717, 1.165) is 17.9 Å². The number of aromatic nitrogens is 1. The van der Waals surface area contributed by atoms with Gasteiger partial charge in [0.1, 0.15) is 0 Å². The molecule has 0 unspecified atom stereocenters. The number of nitrogens with zero attached hydrogens (tertiary/aromatic N) is 1. The van der Waals surface area contributed by atoms with Gasteiger partial charge in [-0.1, -0.05) is 6.07 Å². The van der Waals surface area contributed by atoms with Crippen LogP contribution in [0.15, 0.2) is 17.2 Å². The smallest absolute Gasteiger partial charge is 0.233 e. The van der Waals surface area contributed by atoms with E-state index in [9.17, 15) is 8.42 Å². The van der Waals surface area contributed by atoms with Crippen molar-refractivity contribution in [2.75, 3.05) is 11.5 Å². The van der Waals surface area contributed by atoms with E-state index in [0.29, 0.717) is 5.75 Å². The molecule has 0 N–H and O–H groups in total. The summed E-state index contributed by atoms with van der Waals surface area (Å²) in [6, 6.07) is 4.04. The van der Waals surface area contributed by atoms with Crippen LogP contribution in [-0.2, 0) is 21.9 Å². The number of pyridine rings is 1. The Morgan fingerprint density at radius 2 is 2.19 bits per heavy atom. The minimum Gasteiger partial charge on any atom is -0.246 e. The molecule has 0 spiro atoms. The average Bonchev–Trinajstić information content (AvgIpc) is 2.62. The molecular formula is C10H12ClNO2S2. The highest BCUT2D eigenvalue weighted by atomic mass is 35.7. The molecule has 0 aromatic carbocycles. The van der Waals surface area contributed by atoms with Gasteiger partial charge in [0.15, 0.2) is 0 Å². The van der Waals surface area contributed by atoms with Gasteiger partial charge in [-0.25, -0.2) is 13.4 Å². The van der Waals surface area contributed by atoms with Crippen molar-refractivity contribution in [3.05, 3.63) is 23.4 Å². The molecule has 3 nitrogen and oxygen atoms in total. The summed E-state index contributed by atoms with van der Waals surface area (Å²) >= 11 is 1.44. The van der Waals surface area contributed by atoms with Gasteiger partial charge in [0.05, 0.1) is 10.8 Å². The van der Waals surface area contributed by atoms with E-state index in [2.05, 4.69) is 11.1 Å². The first-order valence-corrected chi connectivity index (χ1v) is 8.55. The molecule has 1 aliphatic rings. The topological polar surface area (TPSA) is 47.0 Å². The largest absolute Gasteiger partial charge is 0.246 e. The van der Waals surface area contributed by atoms with Crippen LogP contribution in [0.4, 0.5) is 0 Å². The number of halogens is 1. The van der Waals surface area contributed by atoms with Crippen LogP contribution in [0.1, 0.15) is 17.7 Å². The fraction of sp³-hybridized carbons (Fsp3) is 0.500. The third-order valence-electron chi connectivity index (χ3n) is 2.48. The molecular weight excluding hydrogens is 266 g/mol. The summed E-state index contributed by atoms with van der Waals surface area (Å²) in [6.07, 6.45) is 3.33. The van der Waals surface area contributed by atoms with Gasteiger partial charge in [0, 0.05) is 22.1 Å². The quantitative estimate of drug-likeness (QED) is 0.625. The maximum absolute atomic E-state index is 10.7. The van der Waals surface area contributed by atoms with Gasteiger partial charge in [-0.15, -0.1) is 11.8 Å². The van der Waals surface area contributed by atoms with Crippen molar-refractivity contribution in [1.82, 2.24) is 4.98 Å². The van der Waals surface area contributed by atoms with Crippen LogP contribution in [0.3, 0.4) is 0 Å². The highest BCUT2D eigenvalue weighted by Gasteiger charge is 2.13. The summed E-state index contributed by atoms with van der Waals surface area (Å²) in [6.45, 7) is 0. The molecule has 88 valence electrons. The Hall–Kier alpha value is -0.260. The summed E-state index contributed by atoms with van der Waals surface area (Å²) in [5, 5.41) is 0.890. The number of fused-ring (bicyclic) bond motifs is 1. The SMILES string of the molecule is O=S(=O)(Cl)CCSc1ccc2c(n1)CCC2. The van der Waals surface area contributed by atoms with Gasteiger partial charge in [-0.2, -0.15) is 0 Å². The second-order valence-corrected chi connectivity index (χ2v) is 7.71. The Balaban J connectivity index is 1.95. The monoisotopic (exact) mass is 277 g/mol. The zero-order chi connectivity index (χ0) is 11.6. The number of hydrogen-bond donors (Lipinski definition) is 0. The van der Waals surface area contributed by atoms with Crippen LogP contribution in [0, 0.1) is 0 Å². The van der Waals surface area contributed by atoms with Gasteiger partial charge in [0.25, 0.3) is 0 Å². The normalized spacial score (nSPS) is 15.1. The second-order valence-electron chi connectivity index (χ2n) is 3.70. The number of hydrogen-bond acceptors (Lipinski definition) is 4. The molecule has 0 atom stereocenters. The van der Waals surface area contributed by atoms with E-state index in [-0.39, 0.29) is 5.75 Å². The Morgan fingerprint density at radius 3 is 2.94 bits per heavy atom. The summed E-state index contributed by atoms with van der Waals surface area (Å²) in [5.41, 5.74) is 2.49. The molecule has 1 aromatic heterocycles. The van der Waals surface area contributed by atoms with Crippen LogP contribution in [-0.4, -0.2) is 24.9 Å². The first-order chi connectivity index (χ1) is 7.54. The molecule has 16 heavy (non-hydrogen) atoms. The zero-order valence-electron chi connectivity index (χ0n) is 8.65. The van der Waals surface area contributed by atoms with Crippen LogP contribution >= 0.6 is 22.4 Å². The maximum atomic E-state index is 10.7. The molecule has 6 heteroatoms. The van der Waals surface area contributed by atoms with Crippen molar-refractivity contribution >= 4 is 31.5 Å². The first-order valence-electron chi connectivity index (χ1n) is 5.08. The maximum Gasteiger partial charge on any atom is 0.233 e. The molecule has 0 aliphatic heterocycles. The van der Waals surface area contributed by atoms with Crippen molar-refractivity contribution in [2.45, 2.75) is 24.3 Å². The third kappa shape index (κ3) is 3.37. The lowest BCUT2D eigenvalue weighted by molar-refractivity contribution is 0.611. The van der Waals surface area contributed by atoms with E-state index >= 15 is 0 Å². The predicted molar refractivity (Wildman–Crippen MR) is 66.6 cm³/mol. The summed E-state index contributed by atoms with van der Waals surface area (Å²) in [4.78, 5) is 4.50. The molecule has 1 aliphatic carbocycles. The van der Waals surface area contributed by atoms with Crippen LogP contribution in [0.2, 0.25) is 0 Å². The zero-order valence-corrected chi connectivity index (χ0v) is 11.0. The Bertz CT molecular complexity index is 488. The van der Waals surface area contributed by atoms with Gasteiger partial charge >= 0.3 is 0 Å². The predicted octanol–water partition coefficient (Wildman–Crippen LogP) is 2.23. The summed E-state index contributed by atoms with van der Waals surface area (Å²) in [5.74, 6) is 0.440. The highest BCUT2D eigenvalue weighted by Crippen LogP contribution is 2.24. The van der Waals surface area contributed by atoms with Crippen molar-refractivity contribution in [3.8, 4) is 0 Å². The number of thioether (sulfide) groups is 1. The Kier molecular flexibility index (Phi) is 3.77. The standard InChI is InChI=1S/C10H12ClNO2S2/c11-16(13,14)7-6-15-10-5-4-8-2-1-3-9(8)12-10/h4-5H,1-3,6-7H2. The summed E-state index contributed by atoms with van der Waals surface area (Å²) in [7, 11) is 1.75. The first kappa shape index (κ1) is 12.2. The fourth-order valence-electron chi connectivity index (χ4n) is 1.73. The Morgan fingerprint density at radius 1 is 1.38 bits per heavy atom. The van der Waals surface area contributed by atoms with Gasteiger partial charge in [-0.05, 0) is 30.9 Å². The third-order valence-corrected chi connectivity index (χ3v) is 4.82. The lowest BCUT2D eigenvalue weighted by Gasteiger charge is -2.02. The van der Waals surface area contributed by atoms with Crippen LogP contribution in [0.5, 0.6) is 0 Å². The van der Waals surface area contributed by atoms with Gasteiger partial charge in [-0.3, -0.25) is 0 Å². The van der Waals surface area contributed by atoms with Gasteiger partial charge in [0.2, 0.25) is 9.05 Å². The molecule has 0 amide bonds. The van der Waals surface area contributed by atoms with Crippen molar-refractivity contribution in [3.63, 3.8) is 0 Å². The molecule has 0 radical (unpaired) electrons. The molecule has 0 saturated heterocycles. The molecule has 0 bridgehead atoms. The molecule has 1 heterocycles. The molecule has 2 rings (SSSR count). The van der Waals surface area contributed by atoms with E-state index in [1.807, 2.05) is 6.07 Å². The Labute approximate surface area is 104 Å². The van der Waals surface area contributed by atoms with Crippen LogP contribution in [0.25, 0.3) is 0 Å². The minimum atomic E-state index is -3.38. The average molecular weight is 278 g/mol. The minimum absolute atomic E-state index is 0.0159. The van der Waals surface area contributed by atoms with Crippen molar-refractivity contribution in [1.29, 1.82) is 0 Å². The lowest BCUT2D eigenvalue weighted by Crippen LogP contribution is -2.00. The van der Waals surface area contributed by atoms with Crippen LogP contribution < -0.4 is 0 Å². The molecule has 0 saturated carbocycles. The summed E-state index contributed by atoms with van der Waals surface area (Å²) < 4.78 is 21.5. The molecule has 1 aromatic rings. The highest BCUT2D eigenvalue weighted by molar-refractivity contribution is 8.14. The fourth-order valence-corrected chi connectivity index (χ4v) is 3.97. The van der Waals surface area contributed by atoms with E-state index in [1.165, 1.54) is 29.4 Å². The van der Waals surface area contributed by atoms with Crippen molar-refractivity contribution < 1.29 is 8.42 Å².